The molecule has 0 spiro atoms. The Hall–Kier alpha value is -1.46. The van der Waals surface area contributed by atoms with Gasteiger partial charge in [0.15, 0.2) is 10.6 Å². The van der Waals surface area contributed by atoms with Crippen molar-refractivity contribution in [2.24, 2.45) is 5.41 Å². The first-order valence-corrected chi connectivity index (χ1v) is 7.87. The van der Waals surface area contributed by atoms with Crippen LogP contribution in [0.5, 0.6) is 0 Å². The maximum Gasteiger partial charge on any atom is 0.195 e. The van der Waals surface area contributed by atoms with Crippen LogP contribution >= 0.6 is 12.2 Å². The Labute approximate surface area is 130 Å². The molecule has 2 aromatic rings. The van der Waals surface area contributed by atoms with E-state index in [4.69, 9.17) is 12.2 Å². The number of aromatic nitrogens is 3. The summed E-state index contributed by atoms with van der Waals surface area (Å²) in [6.45, 7) is 5.61. The number of piperidine rings is 1. The number of hydrogen-bond donors (Lipinski definition) is 1. The van der Waals surface area contributed by atoms with Crippen molar-refractivity contribution in [3.8, 4) is 11.4 Å². The molecule has 0 bridgehead atoms. The fourth-order valence-corrected chi connectivity index (χ4v) is 3.17. The Morgan fingerprint density at radius 1 is 1.24 bits per heavy atom. The van der Waals surface area contributed by atoms with E-state index < -0.39 is 0 Å². The van der Waals surface area contributed by atoms with Crippen molar-refractivity contribution < 1.29 is 0 Å². The van der Waals surface area contributed by atoms with Gasteiger partial charge in [0.05, 0.1) is 0 Å². The highest BCUT2D eigenvalue weighted by atomic mass is 32.1. The highest BCUT2D eigenvalue weighted by molar-refractivity contribution is 7.71. The number of nitrogens with one attached hydrogen (secondary N) is 1. The molecule has 0 atom stereocenters. The third-order valence-corrected chi connectivity index (χ3v) is 4.84. The van der Waals surface area contributed by atoms with Gasteiger partial charge >= 0.3 is 0 Å². The monoisotopic (exact) mass is 302 g/mol. The molecule has 1 aliphatic rings. The molecule has 1 aromatic carbocycles. The predicted octanol–water partition coefficient (Wildman–Crippen LogP) is 3.34. The highest BCUT2D eigenvalue weighted by Gasteiger charge is 2.30. The van der Waals surface area contributed by atoms with Crippen LogP contribution in [0.3, 0.4) is 0 Å². The third kappa shape index (κ3) is 3.09. The van der Waals surface area contributed by atoms with Crippen molar-refractivity contribution in [2.75, 3.05) is 20.1 Å². The van der Waals surface area contributed by atoms with Gasteiger partial charge in [-0.3, -0.25) is 9.67 Å². The second-order valence-electron chi connectivity index (χ2n) is 6.42. The number of likely N-dealkylation sites (tertiary alicyclic amines) is 1. The zero-order valence-electron chi connectivity index (χ0n) is 12.7. The second-order valence-corrected chi connectivity index (χ2v) is 6.81. The number of rotatable bonds is 3. The van der Waals surface area contributed by atoms with Crippen LogP contribution in [0.25, 0.3) is 11.4 Å². The average molecular weight is 302 g/mol. The largest absolute Gasteiger partial charge is 0.306 e. The van der Waals surface area contributed by atoms with E-state index in [2.05, 4.69) is 45.8 Å². The Morgan fingerprint density at radius 3 is 2.57 bits per heavy atom. The quantitative estimate of drug-likeness (QED) is 0.884. The van der Waals surface area contributed by atoms with Gasteiger partial charge in [0.25, 0.3) is 0 Å². The molecule has 0 aliphatic carbocycles. The molecular weight excluding hydrogens is 280 g/mol. The van der Waals surface area contributed by atoms with Crippen molar-refractivity contribution in [3.63, 3.8) is 0 Å². The molecule has 112 valence electrons. The summed E-state index contributed by atoms with van der Waals surface area (Å²) in [6.07, 6.45) is 2.40. The first kappa shape index (κ1) is 14.5. The summed E-state index contributed by atoms with van der Waals surface area (Å²) in [6, 6.07) is 10.3. The van der Waals surface area contributed by atoms with Crippen molar-refractivity contribution >= 4 is 12.2 Å². The van der Waals surface area contributed by atoms with Crippen molar-refractivity contribution in [1.82, 2.24) is 19.7 Å². The fraction of sp³-hybridized carbons (Fsp3) is 0.500. The van der Waals surface area contributed by atoms with Crippen molar-refractivity contribution in [1.29, 1.82) is 0 Å². The van der Waals surface area contributed by atoms with Gasteiger partial charge in [-0.2, -0.15) is 5.10 Å². The molecule has 1 aliphatic heterocycles. The molecule has 1 fully saturated rings. The first-order valence-electron chi connectivity index (χ1n) is 7.47. The summed E-state index contributed by atoms with van der Waals surface area (Å²) in [4.78, 5) is 2.40. The van der Waals surface area contributed by atoms with Crippen LogP contribution in [0.1, 0.15) is 19.8 Å². The second kappa shape index (κ2) is 5.73. The van der Waals surface area contributed by atoms with E-state index in [1.54, 1.807) is 0 Å². The summed E-state index contributed by atoms with van der Waals surface area (Å²) < 4.78 is 2.88. The van der Waals surface area contributed by atoms with Gasteiger partial charge in [0.1, 0.15) is 0 Å². The van der Waals surface area contributed by atoms with Crippen LogP contribution in [0.2, 0.25) is 0 Å². The number of H-pyrrole nitrogens is 1. The molecule has 3 rings (SSSR count). The Kier molecular flexibility index (Phi) is 3.95. The van der Waals surface area contributed by atoms with Gasteiger partial charge in [-0.05, 0) is 50.6 Å². The van der Waals surface area contributed by atoms with Crippen LogP contribution in [-0.4, -0.2) is 39.8 Å². The lowest BCUT2D eigenvalue weighted by Gasteiger charge is -2.38. The highest BCUT2D eigenvalue weighted by Crippen LogP contribution is 2.33. The lowest BCUT2D eigenvalue weighted by atomic mass is 9.80. The van der Waals surface area contributed by atoms with E-state index in [-0.39, 0.29) is 5.41 Å². The summed E-state index contributed by atoms with van der Waals surface area (Å²) in [5.41, 5.74) is 1.40. The summed E-state index contributed by atoms with van der Waals surface area (Å²) in [5, 5.41) is 7.39. The Balaban J connectivity index is 1.89. The summed E-state index contributed by atoms with van der Waals surface area (Å²) >= 11 is 5.45. The molecular formula is C16H22N4S. The Morgan fingerprint density at radius 2 is 1.90 bits per heavy atom. The number of hydrogen-bond acceptors (Lipinski definition) is 3. The maximum atomic E-state index is 5.45. The van der Waals surface area contributed by atoms with E-state index in [0.717, 1.165) is 31.0 Å². The molecule has 2 heterocycles. The van der Waals surface area contributed by atoms with E-state index in [9.17, 15) is 0 Å². The van der Waals surface area contributed by atoms with Crippen LogP contribution in [0.4, 0.5) is 0 Å². The standard InChI is InChI=1S/C16H22N4S/c1-16(8-10-19(2)11-9-16)12-20-14(17-18-15(20)21)13-6-4-3-5-7-13/h3-7H,8-12H2,1-2H3,(H,18,21). The van der Waals surface area contributed by atoms with E-state index in [1.807, 2.05) is 18.2 Å². The first-order chi connectivity index (χ1) is 10.1. The topological polar surface area (TPSA) is 36.9 Å². The van der Waals surface area contributed by atoms with E-state index >= 15 is 0 Å². The van der Waals surface area contributed by atoms with Crippen LogP contribution in [0, 0.1) is 10.2 Å². The minimum atomic E-state index is 0.290. The third-order valence-electron chi connectivity index (χ3n) is 4.52. The van der Waals surface area contributed by atoms with Gasteiger partial charge in [0, 0.05) is 12.1 Å². The van der Waals surface area contributed by atoms with Crippen molar-refractivity contribution in [3.05, 3.63) is 35.1 Å². The SMILES string of the molecule is CN1CCC(C)(Cn2c(-c3ccccc3)n[nH]c2=S)CC1. The molecule has 5 heteroatoms. The zero-order valence-corrected chi connectivity index (χ0v) is 13.5. The Bertz CT molecular complexity index is 650. The average Bonchev–Trinajstić information content (AvgIpc) is 2.85. The van der Waals surface area contributed by atoms with Crippen molar-refractivity contribution in [2.45, 2.75) is 26.3 Å². The minimum Gasteiger partial charge on any atom is -0.306 e. The molecule has 21 heavy (non-hydrogen) atoms. The van der Waals surface area contributed by atoms with Crippen LogP contribution in [0.15, 0.2) is 30.3 Å². The van der Waals surface area contributed by atoms with E-state index in [0.29, 0.717) is 4.77 Å². The van der Waals surface area contributed by atoms with Crippen LogP contribution < -0.4 is 0 Å². The number of benzene rings is 1. The molecule has 1 aromatic heterocycles. The van der Waals surface area contributed by atoms with Gasteiger partial charge in [0.2, 0.25) is 0 Å². The summed E-state index contributed by atoms with van der Waals surface area (Å²) in [5.74, 6) is 0.945. The van der Waals surface area contributed by atoms with Crippen LogP contribution in [-0.2, 0) is 6.54 Å². The number of nitrogens with zero attached hydrogens (tertiary/aromatic N) is 3. The molecule has 1 N–H and O–H groups in total. The van der Waals surface area contributed by atoms with E-state index in [1.165, 1.54) is 12.8 Å². The minimum absolute atomic E-state index is 0.290. The predicted molar refractivity (Wildman–Crippen MR) is 87.7 cm³/mol. The lowest BCUT2D eigenvalue weighted by molar-refractivity contribution is 0.120. The zero-order chi connectivity index (χ0) is 14.9. The smallest absolute Gasteiger partial charge is 0.195 e. The molecule has 4 nitrogen and oxygen atoms in total. The summed E-state index contributed by atoms with van der Waals surface area (Å²) in [7, 11) is 2.19. The number of aromatic amines is 1. The lowest BCUT2D eigenvalue weighted by Crippen LogP contribution is -2.38. The van der Waals surface area contributed by atoms with Gasteiger partial charge in [-0.15, -0.1) is 0 Å². The maximum absolute atomic E-state index is 5.45. The molecule has 1 saturated heterocycles. The van der Waals surface area contributed by atoms with Gasteiger partial charge in [-0.25, -0.2) is 0 Å². The van der Waals surface area contributed by atoms with Gasteiger partial charge in [-0.1, -0.05) is 37.3 Å². The molecule has 0 amide bonds. The normalized spacial score (nSPS) is 18.8. The van der Waals surface area contributed by atoms with Gasteiger partial charge < -0.3 is 4.90 Å². The molecule has 0 unspecified atom stereocenters. The molecule has 0 saturated carbocycles. The molecule has 0 radical (unpaired) electrons. The fourth-order valence-electron chi connectivity index (χ4n) is 2.97.